The minimum absolute atomic E-state index is 0.129. The summed E-state index contributed by atoms with van der Waals surface area (Å²) in [6.07, 6.45) is -2.53. The van der Waals surface area contributed by atoms with Crippen LogP contribution in [-0.2, 0) is 27.4 Å². The zero-order chi connectivity index (χ0) is 21.4. The molecule has 1 aliphatic rings. The van der Waals surface area contributed by atoms with E-state index >= 15 is 0 Å². The summed E-state index contributed by atoms with van der Waals surface area (Å²) in [4.78, 5) is 14.4. The Morgan fingerprint density at radius 1 is 1.14 bits per heavy atom. The van der Waals surface area contributed by atoms with Crippen LogP contribution in [0.1, 0.15) is 23.6 Å². The molecule has 0 aromatic heterocycles. The SMILES string of the molecule is CNS(=O)(=O)c1ccc2c(c1)CCN2C(=O)/C=C(\C)c1ccc(C(F)(F)F)cc1. The highest BCUT2D eigenvalue weighted by Crippen LogP contribution is 2.32. The second-order valence-corrected chi connectivity index (χ2v) is 8.53. The number of sulfonamides is 1. The fourth-order valence-electron chi connectivity index (χ4n) is 3.16. The lowest BCUT2D eigenvalue weighted by molar-refractivity contribution is -0.137. The van der Waals surface area contributed by atoms with Crippen LogP contribution in [0.2, 0.25) is 0 Å². The van der Waals surface area contributed by atoms with Gasteiger partial charge in [-0.3, -0.25) is 4.79 Å². The fraction of sp³-hybridized carbons (Fsp3) is 0.250. The molecule has 2 aromatic carbocycles. The molecule has 9 heteroatoms. The quantitative estimate of drug-likeness (QED) is 0.763. The summed E-state index contributed by atoms with van der Waals surface area (Å²) in [6, 6.07) is 9.18. The second-order valence-electron chi connectivity index (χ2n) is 6.64. The number of nitrogens with one attached hydrogen (secondary N) is 1. The van der Waals surface area contributed by atoms with Crippen molar-refractivity contribution in [3.05, 3.63) is 65.2 Å². The Morgan fingerprint density at radius 3 is 2.38 bits per heavy atom. The van der Waals surface area contributed by atoms with Crippen LogP contribution in [0.3, 0.4) is 0 Å². The molecule has 0 saturated carbocycles. The van der Waals surface area contributed by atoms with Gasteiger partial charge in [-0.25, -0.2) is 13.1 Å². The van der Waals surface area contributed by atoms with Gasteiger partial charge in [-0.15, -0.1) is 0 Å². The van der Waals surface area contributed by atoms with Crippen LogP contribution >= 0.6 is 0 Å². The minimum atomic E-state index is -4.41. The highest BCUT2D eigenvalue weighted by Gasteiger charge is 2.30. The van der Waals surface area contributed by atoms with Crippen LogP contribution in [0, 0.1) is 0 Å². The minimum Gasteiger partial charge on any atom is -0.308 e. The molecular formula is C20H19F3N2O3S. The molecule has 5 nitrogen and oxygen atoms in total. The lowest BCUT2D eigenvalue weighted by Gasteiger charge is -2.16. The number of nitrogens with zero attached hydrogens (tertiary/aromatic N) is 1. The van der Waals surface area contributed by atoms with Crippen LogP contribution in [0.25, 0.3) is 5.57 Å². The summed E-state index contributed by atoms with van der Waals surface area (Å²) in [6.45, 7) is 2.05. The number of fused-ring (bicyclic) bond motifs is 1. The van der Waals surface area contributed by atoms with Crippen molar-refractivity contribution in [1.29, 1.82) is 0 Å². The number of carbonyl (C=O) groups excluding carboxylic acids is 1. The first-order valence-electron chi connectivity index (χ1n) is 8.77. The van der Waals surface area contributed by atoms with E-state index in [9.17, 15) is 26.4 Å². The van der Waals surface area contributed by atoms with Gasteiger partial charge in [-0.2, -0.15) is 13.2 Å². The summed E-state index contributed by atoms with van der Waals surface area (Å²) in [5.41, 5.74) is 1.67. The molecule has 1 N–H and O–H groups in total. The molecule has 0 atom stereocenters. The Balaban J connectivity index is 1.82. The van der Waals surface area contributed by atoms with E-state index in [2.05, 4.69) is 4.72 Å². The van der Waals surface area contributed by atoms with Gasteiger partial charge in [0.25, 0.3) is 5.91 Å². The highest BCUT2D eigenvalue weighted by molar-refractivity contribution is 7.89. The number of hydrogen-bond donors (Lipinski definition) is 1. The smallest absolute Gasteiger partial charge is 0.308 e. The molecule has 0 bridgehead atoms. The Bertz CT molecular complexity index is 1080. The Morgan fingerprint density at radius 2 is 1.79 bits per heavy atom. The first kappa shape index (κ1) is 21.1. The van der Waals surface area contributed by atoms with Crippen LogP contribution in [0.15, 0.2) is 53.4 Å². The van der Waals surface area contributed by atoms with Crippen LogP contribution in [-0.4, -0.2) is 27.9 Å². The van der Waals surface area contributed by atoms with Crippen molar-refractivity contribution in [2.24, 2.45) is 0 Å². The van der Waals surface area contributed by atoms with Crippen molar-refractivity contribution >= 4 is 27.2 Å². The average Bonchev–Trinajstić information content (AvgIpc) is 3.10. The van der Waals surface area contributed by atoms with Crippen LogP contribution < -0.4 is 9.62 Å². The van der Waals surface area contributed by atoms with E-state index in [0.717, 1.165) is 17.7 Å². The first-order chi connectivity index (χ1) is 13.5. The fourth-order valence-corrected chi connectivity index (χ4v) is 3.94. The number of halogens is 3. The van der Waals surface area contributed by atoms with Crippen molar-refractivity contribution < 1.29 is 26.4 Å². The predicted octanol–water partition coefficient (Wildman–Crippen LogP) is 3.61. The number of carbonyl (C=O) groups is 1. The van der Waals surface area contributed by atoms with E-state index in [0.29, 0.717) is 29.8 Å². The van der Waals surface area contributed by atoms with Gasteiger partial charge in [-0.1, -0.05) is 12.1 Å². The Hall–Kier alpha value is -2.65. The van der Waals surface area contributed by atoms with Crippen molar-refractivity contribution in [2.45, 2.75) is 24.4 Å². The molecule has 0 unspecified atom stereocenters. The maximum atomic E-state index is 12.7. The zero-order valence-corrected chi connectivity index (χ0v) is 16.6. The van der Waals surface area contributed by atoms with Gasteiger partial charge < -0.3 is 4.90 Å². The van der Waals surface area contributed by atoms with Crippen LogP contribution in [0.4, 0.5) is 18.9 Å². The summed E-state index contributed by atoms with van der Waals surface area (Å²) < 4.78 is 64.2. The number of alkyl halides is 3. The van der Waals surface area contributed by atoms with E-state index in [1.54, 1.807) is 19.1 Å². The molecule has 154 valence electrons. The number of amides is 1. The number of anilines is 1. The molecule has 0 aliphatic carbocycles. The molecule has 1 amide bonds. The molecule has 1 aliphatic heterocycles. The molecular weight excluding hydrogens is 405 g/mol. The molecule has 0 saturated heterocycles. The van der Waals surface area contributed by atoms with E-state index in [-0.39, 0.29) is 10.8 Å². The summed E-state index contributed by atoms with van der Waals surface area (Å²) in [7, 11) is -2.25. The Kier molecular flexibility index (Phi) is 5.55. The molecule has 1 heterocycles. The van der Waals surface area contributed by atoms with Crippen molar-refractivity contribution in [1.82, 2.24) is 4.72 Å². The normalized spacial score (nSPS) is 14.8. The predicted molar refractivity (Wildman–Crippen MR) is 104 cm³/mol. The highest BCUT2D eigenvalue weighted by atomic mass is 32.2. The molecule has 3 rings (SSSR count). The maximum Gasteiger partial charge on any atom is 0.416 e. The number of rotatable bonds is 4. The van der Waals surface area contributed by atoms with Gasteiger partial charge in [0.2, 0.25) is 10.0 Å². The largest absolute Gasteiger partial charge is 0.416 e. The Labute approximate surface area is 166 Å². The van der Waals surface area contributed by atoms with Gasteiger partial charge in [0.15, 0.2) is 0 Å². The lowest BCUT2D eigenvalue weighted by Crippen LogP contribution is -2.27. The summed E-state index contributed by atoms with van der Waals surface area (Å²) in [5, 5.41) is 0. The topological polar surface area (TPSA) is 66.5 Å². The third kappa shape index (κ3) is 4.35. The molecule has 29 heavy (non-hydrogen) atoms. The summed E-state index contributed by atoms with van der Waals surface area (Å²) in [5.74, 6) is -0.314. The van der Waals surface area contributed by atoms with E-state index < -0.39 is 21.8 Å². The van der Waals surface area contributed by atoms with Crippen molar-refractivity contribution in [3.8, 4) is 0 Å². The zero-order valence-electron chi connectivity index (χ0n) is 15.7. The van der Waals surface area contributed by atoms with Crippen molar-refractivity contribution in [3.63, 3.8) is 0 Å². The van der Waals surface area contributed by atoms with E-state index in [1.165, 1.54) is 36.2 Å². The summed E-state index contributed by atoms with van der Waals surface area (Å²) >= 11 is 0. The third-order valence-corrected chi connectivity index (χ3v) is 6.21. The maximum absolute atomic E-state index is 12.7. The molecule has 0 radical (unpaired) electrons. The lowest BCUT2D eigenvalue weighted by atomic mass is 10.0. The van der Waals surface area contributed by atoms with Gasteiger partial charge in [0, 0.05) is 18.3 Å². The third-order valence-electron chi connectivity index (χ3n) is 4.80. The van der Waals surface area contributed by atoms with Gasteiger partial charge in [0.1, 0.15) is 0 Å². The second kappa shape index (κ2) is 7.64. The standard InChI is InChI=1S/C20H19F3N2O3S/c1-13(14-3-5-16(6-4-14)20(21,22)23)11-19(26)25-10-9-15-12-17(7-8-18(15)25)29(27,28)24-2/h3-8,11-12,24H,9-10H2,1-2H3/b13-11+. The van der Waals surface area contributed by atoms with Gasteiger partial charge in [-0.05, 0) is 67.4 Å². The average molecular weight is 424 g/mol. The number of benzene rings is 2. The molecule has 0 fully saturated rings. The van der Waals surface area contributed by atoms with E-state index in [1.807, 2.05) is 0 Å². The van der Waals surface area contributed by atoms with Gasteiger partial charge >= 0.3 is 6.18 Å². The molecule has 2 aromatic rings. The number of allylic oxidation sites excluding steroid dienone is 1. The molecule has 0 spiro atoms. The van der Waals surface area contributed by atoms with Crippen LogP contribution in [0.5, 0.6) is 0 Å². The monoisotopic (exact) mass is 424 g/mol. The van der Waals surface area contributed by atoms with E-state index in [4.69, 9.17) is 0 Å². The van der Waals surface area contributed by atoms with Gasteiger partial charge in [0.05, 0.1) is 10.5 Å². The number of hydrogen-bond acceptors (Lipinski definition) is 3. The first-order valence-corrected chi connectivity index (χ1v) is 10.2. The van der Waals surface area contributed by atoms with Crippen molar-refractivity contribution in [2.75, 3.05) is 18.5 Å².